The van der Waals surface area contributed by atoms with Gasteiger partial charge in [-0.3, -0.25) is 15.1 Å². The molecule has 3 aromatic rings. The fourth-order valence-corrected chi connectivity index (χ4v) is 4.25. The monoisotopic (exact) mass is 360 g/mol. The van der Waals surface area contributed by atoms with E-state index in [1.54, 1.807) is 23.9 Å². The molecule has 0 saturated heterocycles. The third-order valence-corrected chi connectivity index (χ3v) is 5.67. The Morgan fingerprint density at radius 3 is 2.35 bits per heavy atom. The summed E-state index contributed by atoms with van der Waals surface area (Å²) in [5.74, 6) is 0. The van der Waals surface area contributed by atoms with Crippen LogP contribution in [0.25, 0.3) is 0 Å². The summed E-state index contributed by atoms with van der Waals surface area (Å²) in [7, 11) is 0. The van der Waals surface area contributed by atoms with E-state index in [-0.39, 0.29) is 15.9 Å². The van der Waals surface area contributed by atoms with Crippen molar-refractivity contribution >= 4 is 28.8 Å². The van der Waals surface area contributed by atoms with Crippen LogP contribution in [0.15, 0.2) is 88.8 Å². The van der Waals surface area contributed by atoms with E-state index in [9.17, 15) is 10.1 Å². The molecule has 0 unspecified atom stereocenters. The summed E-state index contributed by atoms with van der Waals surface area (Å²) >= 11 is 1.76. The first-order valence-corrected chi connectivity index (χ1v) is 9.22. The van der Waals surface area contributed by atoms with Gasteiger partial charge in [0.15, 0.2) is 0 Å². The molecule has 1 heterocycles. The van der Waals surface area contributed by atoms with Crippen LogP contribution in [0.4, 0.5) is 11.4 Å². The van der Waals surface area contributed by atoms with Crippen LogP contribution in [0.2, 0.25) is 0 Å². The maximum atomic E-state index is 10.9. The lowest BCUT2D eigenvalue weighted by molar-refractivity contribution is -0.384. The minimum absolute atomic E-state index is 0.115. The van der Waals surface area contributed by atoms with Crippen molar-refractivity contribution < 1.29 is 4.92 Å². The lowest BCUT2D eigenvalue weighted by atomic mass is 10.0. The fourth-order valence-electron chi connectivity index (χ4n) is 3.02. The number of aliphatic imine (C=N–C) groups is 1. The molecule has 0 bridgehead atoms. The second kappa shape index (κ2) is 7.14. The number of thioether (sulfide) groups is 1. The molecule has 4 nitrogen and oxygen atoms in total. The van der Waals surface area contributed by atoms with Gasteiger partial charge in [-0.25, -0.2) is 0 Å². The van der Waals surface area contributed by atoms with Crippen LogP contribution in [-0.4, -0.2) is 10.6 Å². The maximum Gasteiger partial charge on any atom is 0.269 e. The summed E-state index contributed by atoms with van der Waals surface area (Å²) in [6.07, 6.45) is 0.765. The highest BCUT2D eigenvalue weighted by molar-refractivity contribution is 7.99. The van der Waals surface area contributed by atoms with E-state index in [2.05, 4.69) is 18.2 Å². The third-order valence-electron chi connectivity index (χ3n) is 4.35. The van der Waals surface area contributed by atoms with Crippen LogP contribution in [-0.2, 0) is 0 Å². The average Bonchev–Trinajstić information content (AvgIpc) is 2.88. The third kappa shape index (κ3) is 3.39. The van der Waals surface area contributed by atoms with E-state index in [1.165, 1.54) is 0 Å². The number of non-ortho nitro benzene ring substituents is 1. The largest absolute Gasteiger partial charge is 0.269 e. The Labute approximate surface area is 155 Å². The van der Waals surface area contributed by atoms with Crippen LogP contribution >= 0.6 is 11.8 Å². The number of hydrogen-bond acceptors (Lipinski definition) is 4. The van der Waals surface area contributed by atoms with E-state index in [0.717, 1.165) is 33.8 Å². The van der Waals surface area contributed by atoms with E-state index in [4.69, 9.17) is 4.99 Å². The molecule has 1 atom stereocenters. The first kappa shape index (κ1) is 16.5. The molecule has 0 fully saturated rings. The molecule has 0 aromatic heterocycles. The van der Waals surface area contributed by atoms with E-state index in [0.29, 0.717) is 0 Å². The zero-order valence-electron chi connectivity index (χ0n) is 13.9. The number of nitrogens with zero attached hydrogens (tertiary/aromatic N) is 2. The number of nitro groups is 1. The lowest BCUT2D eigenvalue weighted by Gasteiger charge is -2.16. The number of benzene rings is 3. The fraction of sp³-hybridized carbons (Fsp3) is 0.0952. The van der Waals surface area contributed by atoms with Crippen molar-refractivity contribution in [1.82, 2.24) is 0 Å². The molecule has 0 radical (unpaired) electrons. The molecule has 128 valence electrons. The maximum absolute atomic E-state index is 10.9. The summed E-state index contributed by atoms with van der Waals surface area (Å²) in [6.45, 7) is 0. The van der Waals surface area contributed by atoms with Gasteiger partial charge >= 0.3 is 0 Å². The summed E-state index contributed by atoms with van der Waals surface area (Å²) in [4.78, 5) is 16.6. The normalized spacial score (nSPS) is 16.3. The van der Waals surface area contributed by atoms with Crippen LogP contribution in [0.5, 0.6) is 0 Å². The molecule has 4 rings (SSSR count). The van der Waals surface area contributed by atoms with Gasteiger partial charge in [-0.1, -0.05) is 54.6 Å². The molecule has 0 amide bonds. The predicted molar refractivity (Wildman–Crippen MR) is 105 cm³/mol. The van der Waals surface area contributed by atoms with Crippen molar-refractivity contribution in [2.24, 2.45) is 4.99 Å². The molecular formula is C21H16N2O2S. The van der Waals surface area contributed by atoms with Gasteiger partial charge in [0.25, 0.3) is 5.69 Å². The molecule has 0 N–H and O–H groups in total. The summed E-state index contributed by atoms with van der Waals surface area (Å²) in [5, 5.41) is 11.1. The van der Waals surface area contributed by atoms with Gasteiger partial charge in [-0.2, -0.15) is 0 Å². The highest BCUT2D eigenvalue weighted by Crippen LogP contribution is 2.45. The van der Waals surface area contributed by atoms with Crippen molar-refractivity contribution in [2.75, 3.05) is 0 Å². The van der Waals surface area contributed by atoms with Crippen molar-refractivity contribution in [3.63, 3.8) is 0 Å². The SMILES string of the molecule is O=[N+]([O-])c1ccc([C@@H]2CC(c3ccccc3)=Nc3ccccc3S2)cc1. The van der Waals surface area contributed by atoms with Crippen molar-refractivity contribution in [3.8, 4) is 0 Å². The molecular weight excluding hydrogens is 344 g/mol. The average molecular weight is 360 g/mol. The molecule has 5 heteroatoms. The van der Waals surface area contributed by atoms with E-state index < -0.39 is 0 Å². The van der Waals surface area contributed by atoms with Crippen LogP contribution in [0.3, 0.4) is 0 Å². The van der Waals surface area contributed by atoms with Crippen molar-refractivity contribution in [3.05, 3.63) is 100 Å². The predicted octanol–water partition coefficient (Wildman–Crippen LogP) is 5.95. The van der Waals surface area contributed by atoms with Crippen molar-refractivity contribution in [2.45, 2.75) is 16.6 Å². The topological polar surface area (TPSA) is 55.5 Å². The number of fused-ring (bicyclic) bond motifs is 1. The second-order valence-corrected chi connectivity index (χ2v) is 7.30. The number of para-hydroxylation sites is 1. The van der Waals surface area contributed by atoms with Crippen molar-refractivity contribution in [1.29, 1.82) is 0 Å². The number of rotatable bonds is 3. The molecule has 1 aliphatic heterocycles. The Morgan fingerprint density at radius 2 is 1.62 bits per heavy atom. The van der Waals surface area contributed by atoms with Gasteiger partial charge in [0, 0.05) is 34.4 Å². The standard InChI is InChI=1S/C21H16N2O2S/c24-23(25)17-12-10-16(11-13-17)21-14-19(15-6-2-1-3-7-15)22-18-8-4-5-9-20(18)26-21/h1-13,21H,14H2/t21-/m0/s1. The molecule has 0 aliphatic carbocycles. The summed E-state index contributed by atoms with van der Waals surface area (Å²) in [5.41, 5.74) is 4.30. The quantitative estimate of drug-likeness (QED) is 0.428. The van der Waals surface area contributed by atoms with Gasteiger partial charge in [0.05, 0.1) is 10.6 Å². The first-order valence-electron chi connectivity index (χ1n) is 8.34. The van der Waals surface area contributed by atoms with Gasteiger partial charge < -0.3 is 0 Å². The van der Waals surface area contributed by atoms with Crippen LogP contribution in [0.1, 0.15) is 22.8 Å². The molecule has 1 aliphatic rings. The molecule has 0 saturated carbocycles. The Morgan fingerprint density at radius 1 is 0.923 bits per heavy atom. The minimum atomic E-state index is -0.365. The molecule has 0 spiro atoms. The zero-order valence-corrected chi connectivity index (χ0v) is 14.7. The van der Waals surface area contributed by atoms with Crippen LogP contribution < -0.4 is 0 Å². The zero-order chi connectivity index (χ0) is 17.9. The molecule has 3 aromatic carbocycles. The number of hydrogen-bond donors (Lipinski definition) is 0. The number of nitro benzene ring substituents is 1. The Kier molecular flexibility index (Phi) is 4.54. The highest BCUT2D eigenvalue weighted by Gasteiger charge is 2.22. The van der Waals surface area contributed by atoms with Gasteiger partial charge in [-0.05, 0) is 23.3 Å². The van der Waals surface area contributed by atoms with Gasteiger partial charge in [-0.15, -0.1) is 11.8 Å². The molecule has 26 heavy (non-hydrogen) atoms. The van der Waals surface area contributed by atoms with Crippen LogP contribution in [0, 0.1) is 10.1 Å². The van der Waals surface area contributed by atoms with E-state index >= 15 is 0 Å². The Bertz CT molecular complexity index is 969. The summed E-state index contributed by atoms with van der Waals surface area (Å²) < 4.78 is 0. The second-order valence-electron chi connectivity index (χ2n) is 6.05. The minimum Gasteiger partial charge on any atom is -0.258 e. The Hall–Kier alpha value is -2.92. The van der Waals surface area contributed by atoms with Gasteiger partial charge in [0.2, 0.25) is 0 Å². The first-order chi connectivity index (χ1) is 12.7. The lowest BCUT2D eigenvalue weighted by Crippen LogP contribution is -2.05. The van der Waals surface area contributed by atoms with Gasteiger partial charge in [0.1, 0.15) is 0 Å². The smallest absolute Gasteiger partial charge is 0.258 e. The van der Waals surface area contributed by atoms with E-state index in [1.807, 2.05) is 48.5 Å². The highest BCUT2D eigenvalue weighted by atomic mass is 32.2. The summed E-state index contributed by atoms with van der Waals surface area (Å²) in [6, 6.07) is 25.2. The Balaban J connectivity index is 1.75.